The molecule has 1 aromatic carbocycles. The number of anilines is 1. The number of hydrogen-bond acceptors (Lipinski definition) is 4. The molecule has 1 aliphatic heterocycles. The molecule has 0 aliphatic carbocycles. The number of rotatable bonds is 4. The van der Waals surface area contributed by atoms with E-state index in [0.717, 1.165) is 30.6 Å². The minimum absolute atomic E-state index is 0. The maximum atomic E-state index is 12.3. The Balaban J connectivity index is 0.00000220. The maximum absolute atomic E-state index is 12.3. The largest absolute Gasteiger partial charge is 0.385 e. The van der Waals surface area contributed by atoms with Crippen molar-refractivity contribution in [2.75, 3.05) is 23.9 Å². The summed E-state index contributed by atoms with van der Waals surface area (Å²) >= 11 is 0. The minimum Gasteiger partial charge on any atom is -0.385 e. The number of nitrogens with one attached hydrogen (secondary N) is 2. The van der Waals surface area contributed by atoms with Crippen LogP contribution in [0.3, 0.4) is 0 Å². The first-order chi connectivity index (χ1) is 9.37. The van der Waals surface area contributed by atoms with Crippen LogP contribution in [0.4, 0.5) is 5.69 Å². The Morgan fingerprint density at radius 2 is 2.14 bits per heavy atom. The molecule has 21 heavy (non-hydrogen) atoms. The lowest BCUT2D eigenvalue weighted by Gasteiger charge is -2.21. The van der Waals surface area contributed by atoms with Crippen molar-refractivity contribution in [3.8, 4) is 0 Å². The highest BCUT2D eigenvalue weighted by atomic mass is 35.5. The standard InChI is InChI=1S/C14H20N2O3S.ClH/c1-10(9-20(2,18)19)16-14(17)12-5-3-7-13-11(12)6-4-8-15-13;/h3,5,7,10,15H,4,6,8-9H2,1-2H3,(H,16,17);1H. The fourth-order valence-electron chi connectivity index (χ4n) is 2.52. The van der Waals surface area contributed by atoms with Crippen LogP contribution in [-0.4, -0.2) is 38.9 Å². The molecule has 1 amide bonds. The molecule has 0 saturated heterocycles. The molecule has 1 aliphatic rings. The highest BCUT2D eigenvalue weighted by Crippen LogP contribution is 2.25. The van der Waals surface area contributed by atoms with Crippen LogP contribution in [0.15, 0.2) is 18.2 Å². The maximum Gasteiger partial charge on any atom is 0.251 e. The van der Waals surface area contributed by atoms with Gasteiger partial charge in [0, 0.05) is 30.1 Å². The molecule has 0 spiro atoms. The molecule has 2 N–H and O–H groups in total. The van der Waals surface area contributed by atoms with E-state index in [-0.39, 0.29) is 24.1 Å². The number of amides is 1. The van der Waals surface area contributed by atoms with Gasteiger partial charge in [0.15, 0.2) is 0 Å². The number of fused-ring (bicyclic) bond motifs is 1. The molecule has 2 rings (SSSR count). The fourth-order valence-corrected chi connectivity index (χ4v) is 3.51. The number of sulfone groups is 1. The van der Waals surface area contributed by atoms with E-state index in [9.17, 15) is 13.2 Å². The SMILES string of the molecule is CC(CS(C)(=O)=O)NC(=O)c1cccc2c1CCCN2.Cl. The molecule has 5 nitrogen and oxygen atoms in total. The number of carbonyl (C=O) groups excluding carboxylic acids is 1. The Hall–Kier alpha value is -1.27. The summed E-state index contributed by atoms with van der Waals surface area (Å²) < 4.78 is 22.5. The average molecular weight is 333 g/mol. The predicted octanol–water partition coefficient (Wildman–Crippen LogP) is 1.63. The summed E-state index contributed by atoms with van der Waals surface area (Å²) in [6.45, 7) is 2.62. The zero-order valence-electron chi connectivity index (χ0n) is 12.2. The summed E-state index contributed by atoms with van der Waals surface area (Å²) in [5, 5.41) is 6.03. The van der Waals surface area contributed by atoms with Gasteiger partial charge in [0.2, 0.25) is 0 Å². The lowest BCUT2D eigenvalue weighted by atomic mass is 9.97. The zero-order valence-corrected chi connectivity index (χ0v) is 13.8. The van der Waals surface area contributed by atoms with Gasteiger partial charge in [0.25, 0.3) is 5.91 Å². The monoisotopic (exact) mass is 332 g/mol. The van der Waals surface area contributed by atoms with Gasteiger partial charge in [-0.25, -0.2) is 8.42 Å². The van der Waals surface area contributed by atoms with E-state index in [4.69, 9.17) is 0 Å². The summed E-state index contributed by atoms with van der Waals surface area (Å²) in [5.74, 6) is -0.256. The third kappa shape index (κ3) is 4.89. The van der Waals surface area contributed by atoms with Gasteiger partial charge >= 0.3 is 0 Å². The van der Waals surface area contributed by atoms with E-state index in [2.05, 4.69) is 10.6 Å². The first kappa shape index (κ1) is 17.8. The van der Waals surface area contributed by atoms with Gasteiger partial charge in [0.05, 0.1) is 5.75 Å². The quantitative estimate of drug-likeness (QED) is 0.878. The lowest BCUT2D eigenvalue weighted by molar-refractivity contribution is 0.0942. The fraction of sp³-hybridized carbons (Fsp3) is 0.500. The second kappa shape index (κ2) is 7.13. The first-order valence-electron chi connectivity index (χ1n) is 6.71. The van der Waals surface area contributed by atoms with Crippen LogP contribution in [0.2, 0.25) is 0 Å². The molecule has 0 radical (unpaired) electrons. The minimum atomic E-state index is -3.10. The summed E-state index contributed by atoms with van der Waals surface area (Å²) in [6.07, 6.45) is 3.03. The van der Waals surface area contributed by atoms with Crippen LogP contribution in [-0.2, 0) is 16.3 Å². The van der Waals surface area contributed by atoms with Crippen molar-refractivity contribution in [2.45, 2.75) is 25.8 Å². The van der Waals surface area contributed by atoms with Crippen LogP contribution in [0.1, 0.15) is 29.3 Å². The van der Waals surface area contributed by atoms with Gasteiger partial charge in [-0.1, -0.05) is 6.07 Å². The molecule has 1 atom stereocenters. The van der Waals surface area contributed by atoms with Crippen LogP contribution in [0.5, 0.6) is 0 Å². The number of halogens is 1. The van der Waals surface area contributed by atoms with Gasteiger partial charge < -0.3 is 10.6 Å². The highest BCUT2D eigenvalue weighted by molar-refractivity contribution is 7.90. The molecule has 1 heterocycles. The predicted molar refractivity (Wildman–Crippen MR) is 87.1 cm³/mol. The van der Waals surface area contributed by atoms with Crippen molar-refractivity contribution in [1.82, 2.24) is 5.32 Å². The summed E-state index contributed by atoms with van der Waals surface area (Å²) in [6, 6.07) is 5.19. The topological polar surface area (TPSA) is 75.3 Å². The molecule has 0 fully saturated rings. The second-order valence-corrected chi connectivity index (χ2v) is 7.51. The molecule has 118 valence electrons. The molecule has 7 heteroatoms. The summed E-state index contributed by atoms with van der Waals surface area (Å²) in [4.78, 5) is 12.3. The average Bonchev–Trinajstić information content (AvgIpc) is 2.35. The number of benzene rings is 1. The molecule has 1 aromatic rings. The van der Waals surface area contributed by atoms with Gasteiger partial charge in [-0.3, -0.25) is 4.79 Å². The van der Waals surface area contributed by atoms with Crippen LogP contribution >= 0.6 is 12.4 Å². The normalized spacial score (nSPS) is 15.1. The van der Waals surface area contributed by atoms with E-state index in [1.165, 1.54) is 6.26 Å². The van der Waals surface area contributed by atoms with Crippen molar-refractivity contribution in [3.63, 3.8) is 0 Å². The van der Waals surface area contributed by atoms with Crippen LogP contribution in [0.25, 0.3) is 0 Å². The van der Waals surface area contributed by atoms with Gasteiger partial charge in [-0.15, -0.1) is 12.4 Å². The van der Waals surface area contributed by atoms with E-state index in [0.29, 0.717) is 5.56 Å². The van der Waals surface area contributed by atoms with Crippen molar-refractivity contribution in [2.24, 2.45) is 0 Å². The molecule has 0 aromatic heterocycles. The van der Waals surface area contributed by atoms with E-state index < -0.39 is 15.9 Å². The van der Waals surface area contributed by atoms with Gasteiger partial charge in [0.1, 0.15) is 9.84 Å². The molecule has 1 unspecified atom stereocenters. The van der Waals surface area contributed by atoms with Crippen LogP contribution in [0, 0.1) is 0 Å². The van der Waals surface area contributed by atoms with Crippen LogP contribution < -0.4 is 10.6 Å². The molecular formula is C14H21ClN2O3S. The van der Waals surface area contributed by atoms with Crippen molar-refractivity contribution in [3.05, 3.63) is 29.3 Å². The van der Waals surface area contributed by atoms with E-state index >= 15 is 0 Å². The molecule has 0 bridgehead atoms. The van der Waals surface area contributed by atoms with Crippen molar-refractivity contribution < 1.29 is 13.2 Å². The molecular weight excluding hydrogens is 312 g/mol. The number of hydrogen-bond donors (Lipinski definition) is 2. The zero-order chi connectivity index (χ0) is 14.8. The Kier molecular flexibility index (Phi) is 6.04. The van der Waals surface area contributed by atoms with E-state index in [1.54, 1.807) is 13.0 Å². The van der Waals surface area contributed by atoms with Crippen molar-refractivity contribution >= 4 is 33.8 Å². The third-order valence-corrected chi connectivity index (χ3v) is 4.38. The Bertz CT molecular complexity index is 617. The highest BCUT2D eigenvalue weighted by Gasteiger charge is 2.19. The third-order valence-electron chi connectivity index (χ3n) is 3.27. The lowest BCUT2D eigenvalue weighted by Crippen LogP contribution is -2.38. The smallest absolute Gasteiger partial charge is 0.251 e. The molecule has 0 saturated carbocycles. The Morgan fingerprint density at radius 3 is 2.81 bits per heavy atom. The first-order valence-corrected chi connectivity index (χ1v) is 8.77. The van der Waals surface area contributed by atoms with Gasteiger partial charge in [-0.05, 0) is 37.5 Å². The van der Waals surface area contributed by atoms with Crippen molar-refractivity contribution in [1.29, 1.82) is 0 Å². The summed E-state index contributed by atoms with van der Waals surface area (Å²) in [7, 11) is -3.10. The Morgan fingerprint density at radius 1 is 1.43 bits per heavy atom. The summed E-state index contributed by atoms with van der Waals surface area (Å²) in [5.41, 5.74) is 2.65. The Labute approximate surface area is 131 Å². The van der Waals surface area contributed by atoms with E-state index in [1.807, 2.05) is 12.1 Å². The second-order valence-electron chi connectivity index (χ2n) is 5.33. The number of carbonyl (C=O) groups is 1. The van der Waals surface area contributed by atoms with Gasteiger partial charge in [-0.2, -0.15) is 0 Å².